The summed E-state index contributed by atoms with van der Waals surface area (Å²) in [7, 11) is 0. The van der Waals surface area contributed by atoms with Crippen molar-refractivity contribution in [1.82, 2.24) is 9.99 Å². The zero-order valence-corrected chi connectivity index (χ0v) is 20.0. The second kappa shape index (κ2) is 9.93. The first-order valence-electron chi connectivity index (χ1n) is 10.1. The van der Waals surface area contributed by atoms with Crippen molar-refractivity contribution in [3.8, 4) is 5.69 Å². The molecular weight excluding hydrogens is 487 g/mol. The van der Waals surface area contributed by atoms with E-state index in [9.17, 15) is 4.79 Å². The molecule has 0 saturated carbocycles. The molecular formula is C24H27IN4O. The average Bonchev–Trinajstić information content (AvgIpc) is 3.03. The van der Waals surface area contributed by atoms with Crippen LogP contribution in [0.25, 0.3) is 5.69 Å². The third-order valence-electron chi connectivity index (χ3n) is 5.18. The molecule has 30 heavy (non-hydrogen) atoms. The Morgan fingerprint density at radius 1 is 1.07 bits per heavy atom. The molecule has 1 aromatic heterocycles. The highest BCUT2D eigenvalue weighted by atomic mass is 127. The standard InChI is InChI=1S/C24H27IN4O/c1-5-28(6-2)22-11-7-19(8-12-22)24(30)27-26-16-20-15-17(3)29(18(20)4)23-13-9-21(25)10-14-23/h7-16H,5-6H2,1-4H3,(H,27,30)/b26-16-. The van der Waals surface area contributed by atoms with Gasteiger partial charge in [0.2, 0.25) is 0 Å². The van der Waals surface area contributed by atoms with E-state index in [1.165, 1.54) is 3.57 Å². The van der Waals surface area contributed by atoms with Gasteiger partial charge in [-0.1, -0.05) is 0 Å². The summed E-state index contributed by atoms with van der Waals surface area (Å²) in [6.45, 7) is 10.2. The van der Waals surface area contributed by atoms with Crippen LogP contribution in [0, 0.1) is 17.4 Å². The van der Waals surface area contributed by atoms with Crippen molar-refractivity contribution in [3.63, 3.8) is 0 Å². The predicted octanol–water partition coefficient (Wildman–Crippen LogP) is 5.31. The van der Waals surface area contributed by atoms with E-state index in [0.717, 1.165) is 41.4 Å². The largest absolute Gasteiger partial charge is 0.372 e. The van der Waals surface area contributed by atoms with Gasteiger partial charge in [-0.3, -0.25) is 4.79 Å². The van der Waals surface area contributed by atoms with Gasteiger partial charge in [0.1, 0.15) is 0 Å². The average molecular weight is 514 g/mol. The topological polar surface area (TPSA) is 49.6 Å². The molecule has 0 atom stereocenters. The lowest BCUT2D eigenvalue weighted by atomic mass is 10.2. The number of hydrogen-bond donors (Lipinski definition) is 1. The van der Waals surface area contributed by atoms with Crippen molar-refractivity contribution < 1.29 is 4.79 Å². The summed E-state index contributed by atoms with van der Waals surface area (Å²) in [4.78, 5) is 14.7. The molecule has 156 valence electrons. The number of aryl methyl sites for hydroxylation is 1. The van der Waals surface area contributed by atoms with Crippen LogP contribution in [0.3, 0.4) is 0 Å². The fraction of sp³-hybridized carbons (Fsp3) is 0.250. The van der Waals surface area contributed by atoms with Crippen LogP contribution in [0.15, 0.2) is 59.7 Å². The number of rotatable bonds is 7. The van der Waals surface area contributed by atoms with E-state index >= 15 is 0 Å². The quantitative estimate of drug-likeness (QED) is 0.264. The van der Waals surface area contributed by atoms with Crippen LogP contribution in [0.1, 0.15) is 41.2 Å². The predicted molar refractivity (Wildman–Crippen MR) is 133 cm³/mol. The molecule has 1 amide bonds. The van der Waals surface area contributed by atoms with E-state index in [0.29, 0.717) is 5.56 Å². The highest BCUT2D eigenvalue weighted by Crippen LogP contribution is 2.20. The van der Waals surface area contributed by atoms with E-state index in [1.807, 2.05) is 24.3 Å². The van der Waals surface area contributed by atoms with E-state index in [-0.39, 0.29) is 5.91 Å². The van der Waals surface area contributed by atoms with Gasteiger partial charge in [0.25, 0.3) is 5.91 Å². The summed E-state index contributed by atoms with van der Waals surface area (Å²) >= 11 is 2.30. The highest BCUT2D eigenvalue weighted by Gasteiger charge is 2.10. The van der Waals surface area contributed by atoms with Crippen LogP contribution >= 0.6 is 22.6 Å². The molecule has 1 heterocycles. The molecule has 5 nitrogen and oxygen atoms in total. The molecule has 6 heteroatoms. The van der Waals surface area contributed by atoms with Gasteiger partial charge in [-0.05, 0) is 105 Å². The van der Waals surface area contributed by atoms with Gasteiger partial charge < -0.3 is 9.47 Å². The lowest BCUT2D eigenvalue weighted by Gasteiger charge is -2.20. The lowest BCUT2D eigenvalue weighted by molar-refractivity contribution is 0.0955. The first-order chi connectivity index (χ1) is 14.4. The van der Waals surface area contributed by atoms with E-state index < -0.39 is 0 Å². The minimum atomic E-state index is -0.219. The van der Waals surface area contributed by atoms with Crippen molar-refractivity contribution in [1.29, 1.82) is 0 Å². The highest BCUT2D eigenvalue weighted by molar-refractivity contribution is 14.1. The minimum absolute atomic E-state index is 0.219. The lowest BCUT2D eigenvalue weighted by Crippen LogP contribution is -2.22. The van der Waals surface area contributed by atoms with Gasteiger partial charge in [0.15, 0.2) is 0 Å². The number of nitrogens with zero attached hydrogens (tertiary/aromatic N) is 3. The number of hydrazone groups is 1. The molecule has 3 rings (SSSR count). The Balaban J connectivity index is 1.70. The Morgan fingerprint density at radius 3 is 2.30 bits per heavy atom. The number of carbonyl (C=O) groups excluding carboxylic acids is 1. The summed E-state index contributed by atoms with van der Waals surface area (Å²) in [6, 6.07) is 18.1. The van der Waals surface area contributed by atoms with E-state index in [2.05, 4.69) is 101 Å². The van der Waals surface area contributed by atoms with E-state index in [1.54, 1.807) is 6.21 Å². The smallest absolute Gasteiger partial charge is 0.271 e. The summed E-state index contributed by atoms with van der Waals surface area (Å²) in [5, 5.41) is 4.18. The second-order valence-corrected chi connectivity index (χ2v) is 8.30. The molecule has 0 saturated heterocycles. The van der Waals surface area contributed by atoms with Crippen LogP contribution in [0.5, 0.6) is 0 Å². The Hall–Kier alpha value is -2.61. The van der Waals surface area contributed by atoms with Gasteiger partial charge >= 0.3 is 0 Å². The van der Waals surface area contributed by atoms with Crippen LogP contribution in [0.2, 0.25) is 0 Å². The maximum atomic E-state index is 12.4. The molecule has 0 fully saturated rings. The Bertz CT molecular complexity index is 1030. The molecule has 0 radical (unpaired) electrons. The molecule has 0 aliphatic rings. The van der Waals surface area contributed by atoms with Gasteiger partial charge in [0, 0.05) is 50.5 Å². The number of aromatic nitrogens is 1. The zero-order valence-electron chi connectivity index (χ0n) is 17.8. The van der Waals surface area contributed by atoms with E-state index in [4.69, 9.17) is 0 Å². The molecule has 0 aliphatic carbocycles. The monoisotopic (exact) mass is 514 g/mol. The Labute approximate surface area is 191 Å². The van der Waals surface area contributed by atoms with Gasteiger partial charge in [-0.25, -0.2) is 5.43 Å². The first-order valence-corrected chi connectivity index (χ1v) is 11.2. The third kappa shape index (κ3) is 4.92. The van der Waals surface area contributed by atoms with Crippen LogP contribution in [-0.2, 0) is 0 Å². The van der Waals surface area contributed by atoms with Crippen LogP contribution in [-0.4, -0.2) is 29.8 Å². The van der Waals surface area contributed by atoms with Gasteiger partial charge in [-0.15, -0.1) is 0 Å². The van der Waals surface area contributed by atoms with Crippen molar-refractivity contribution >= 4 is 40.4 Å². The van der Waals surface area contributed by atoms with Gasteiger partial charge in [0.05, 0.1) is 6.21 Å². The summed E-state index contributed by atoms with van der Waals surface area (Å²) in [6.07, 6.45) is 1.70. The maximum Gasteiger partial charge on any atom is 0.271 e. The molecule has 0 bridgehead atoms. The van der Waals surface area contributed by atoms with Crippen LogP contribution in [0.4, 0.5) is 5.69 Å². The number of benzene rings is 2. The summed E-state index contributed by atoms with van der Waals surface area (Å²) in [5.41, 5.74) is 8.62. The van der Waals surface area contributed by atoms with Gasteiger partial charge in [-0.2, -0.15) is 5.10 Å². The molecule has 0 unspecified atom stereocenters. The maximum absolute atomic E-state index is 12.4. The molecule has 0 spiro atoms. The van der Waals surface area contributed by atoms with Crippen LogP contribution < -0.4 is 10.3 Å². The third-order valence-corrected chi connectivity index (χ3v) is 5.90. The number of hydrogen-bond acceptors (Lipinski definition) is 3. The number of amides is 1. The fourth-order valence-electron chi connectivity index (χ4n) is 3.54. The minimum Gasteiger partial charge on any atom is -0.372 e. The Morgan fingerprint density at radius 2 is 1.70 bits per heavy atom. The summed E-state index contributed by atoms with van der Waals surface area (Å²) < 4.78 is 3.39. The number of anilines is 1. The normalized spacial score (nSPS) is 11.1. The van der Waals surface area contributed by atoms with Crippen molar-refractivity contribution in [3.05, 3.63) is 80.7 Å². The van der Waals surface area contributed by atoms with Crippen molar-refractivity contribution in [2.45, 2.75) is 27.7 Å². The Kier molecular flexibility index (Phi) is 7.31. The second-order valence-electron chi connectivity index (χ2n) is 7.06. The summed E-state index contributed by atoms with van der Waals surface area (Å²) in [5.74, 6) is -0.219. The zero-order chi connectivity index (χ0) is 21.7. The van der Waals surface area contributed by atoms with Crippen molar-refractivity contribution in [2.75, 3.05) is 18.0 Å². The fourth-order valence-corrected chi connectivity index (χ4v) is 3.90. The molecule has 1 N–H and O–H groups in total. The number of nitrogens with one attached hydrogen (secondary N) is 1. The molecule has 0 aliphatic heterocycles. The SMILES string of the molecule is CCN(CC)c1ccc(C(=O)N/N=C\c2cc(C)n(-c3ccc(I)cc3)c2C)cc1. The number of halogens is 1. The molecule has 3 aromatic rings. The van der Waals surface area contributed by atoms with Crippen molar-refractivity contribution in [2.24, 2.45) is 5.10 Å². The first kappa shape index (κ1) is 22.1. The number of carbonyl (C=O) groups is 1. The molecule has 2 aromatic carbocycles.